The lowest BCUT2D eigenvalue weighted by Crippen LogP contribution is -2.49. The number of hydrogen-bond acceptors (Lipinski definition) is 3. The number of likely N-dealkylation sites (tertiary alicyclic amines) is 1. The molecule has 1 saturated carbocycles. The molecule has 1 aliphatic carbocycles. The summed E-state index contributed by atoms with van der Waals surface area (Å²) in [6.07, 6.45) is -1.38. The van der Waals surface area contributed by atoms with Gasteiger partial charge in [0.15, 0.2) is 6.10 Å². The van der Waals surface area contributed by atoms with Gasteiger partial charge in [0.05, 0.1) is 0 Å². The standard InChI is InChI=1S/C15H25F3N2O2/c1-11(21)20(12-4-2-5-12)13-6-3-8-19(9-7-13)10-14(22)15(16,17)18/h12-14,22H,2-10H2,1H3/t13-,14-/m1/s1. The van der Waals surface area contributed by atoms with Gasteiger partial charge in [0, 0.05) is 32.1 Å². The first-order valence-corrected chi connectivity index (χ1v) is 8.05. The zero-order chi connectivity index (χ0) is 16.3. The largest absolute Gasteiger partial charge is 0.415 e. The Morgan fingerprint density at radius 2 is 1.77 bits per heavy atom. The van der Waals surface area contributed by atoms with Gasteiger partial charge in [0.25, 0.3) is 0 Å². The molecule has 4 nitrogen and oxygen atoms in total. The second-order valence-electron chi connectivity index (χ2n) is 6.45. The molecule has 0 spiro atoms. The van der Waals surface area contributed by atoms with Crippen LogP contribution < -0.4 is 0 Å². The van der Waals surface area contributed by atoms with Crippen LogP contribution in [0.25, 0.3) is 0 Å². The van der Waals surface area contributed by atoms with Crippen LogP contribution in [0.15, 0.2) is 0 Å². The van der Waals surface area contributed by atoms with Crippen LogP contribution in [0.5, 0.6) is 0 Å². The third-order valence-corrected chi connectivity index (χ3v) is 4.82. The van der Waals surface area contributed by atoms with Crippen molar-refractivity contribution in [1.29, 1.82) is 0 Å². The number of aliphatic hydroxyl groups excluding tert-OH is 1. The molecule has 2 atom stereocenters. The Morgan fingerprint density at radius 3 is 2.27 bits per heavy atom. The van der Waals surface area contributed by atoms with E-state index in [0.717, 1.165) is 32.1 Å². The highest BCUT2D eigenvalue weighted by atomic mass is 19.4. The molecule has 0 aromatic rings. The third kappa shape index (κ3) is 4.35. The van der Waals surface area contributed by atoms with Crippen molar-refractivity contribution in [1.82, 2.24) is 9.80 Å². The van der Waals surface area contributed by atoms with E-state index in [9.17, 15) is 23.1 Å². The van der Waals surface area contributed by atoms with Gasteiger partial charge in [0.2, 0.25) is 5.91 Å². The molecule has 0 bridgehead atoms. The first-order chi connectivity index (χ1) is 10.3. The average Bonchev–Trinajstić information content (AvgIpc) is 2.57. The Labute approximate surface area is 129 Å². The van der Waals surface area contributed by atoms with Crippen molar-refractivity contribution in [3.05, 3.63) is 0 Å². The van der Waals surface area contributed by atoms with E-state index in [-0.39, 0.29) is 18.5 Å². The molecule has 7 heteroatoms. The van der Waals surface area contributed by atoms with Crippen LogP contribution in [0.2, 0.25) is 0 Å². The number of carbonyl (C=O) groups excluding carboxylic acids is 1. The summed E-state index contributed by atoms with van der Waals surface area (Å²) in [5, 5.41) is 9.20. The Bertz CT molecular complexity index is 385. The minimum atomic E-state index is -4.57. The summed E-state index contributed by atoms with van der Waals surface area (Å²) in [4.78, 5) is 15.5. The van der Waals surface area contributed by atoms with E-state index >= 15 is 0 Å². The number of carbonyl (C=O) groups is 1. The van der Waals surface area contributed by atoms with Crippen LogP contribution in [0.1, 0.15) is 45.4 Å². The number of nitrogens with zero attached hydrogens (tertiary/aromatic N) is 2. The molecule has 1 saturated heterocycles. The number of alkyl halides is 3. The lowest BCUT2D eigenvalue weighted by atomic mass is 9.89. The quantitative estimate of drug-likeness (QED) is 0.863. The van der Waals surface area contributed by atoms with Crippen molar-refractivity contribution in [2.24, 2.45) is 0 Å². The molecule has 2 fully saturated rings. The molecule has 0 radical (unpaired) electrons. The summed E-state index contributed by atoms with van der Waals surface area (Å²) in [7, 11) is 0. The van der Waals surface area contributed by atoms with E-state index in [1.807, 2.05) is 4.90 Å². The van der Waals surface area contributed by atoms with Crippen molar-refractivity contribution < 1.29 is 23.1 Å². The lowest BCUT2D eigenvalue weighted by Gasteiger charge is -2.42. The Morgan fingerprint density at radius 1 is 1.18 bits per heavy atom. The van der Waals surface area contributed by atoms with Crippen LogP contribution in [-0.2, 0) is 4.79 Å². The van der Waals surface area contributed by atoms with Gasteiger partial charge in [-0.1, -0.05) is 0 Å². The summed E-state index contributed by atoms with van der Waals surface area (Å²) in [5.74, 6) is 0.0680. The first-order valence-electron chi connectivity index (χ1n) is 8.05. The van der Waals surface area contributed by atoms with Gasteiger partial charge in [0.1, 0.15) is 0 Å². The van der Waals surface area contributed by atoms with E-state index in [1.165, 1.54) is 0 Å². The minimum Gasteiger partial charge on any atom is -0.382 e. The topological polar surface area (TPSA) is 43.8 Å². The fourth-order valence-corrected chi connectivity index (χ4v) is 3.42. The van der Waals surface area contributed by atoms with Gasteiger partial charge in [-0.25, -0.2) is 0 Å². The van der Waals surface area contributed by atoms with E-state index in [0.29, 0.717) is 25.6 Å². The highest BCUT2D eigenvalue weighted by molar-refractivity contribution is 5.74. The molecular weight excluding hydrogens is 297 g/mol. The molecule has 22 heavy (non-hydrogen) atoms. The second-order valence-corrected chi connectivity index (χ2v) is 6.45. The van der Waals surface area contributed by atoms with Crippen molar-refractivity contribution in [2.75, 3.05) is 19.6 Å². The van der Waals surface area contributed by atoms with Crippen molar-refractivity contribution in [3.63, 3.8) is 0 Å². The van der Waals surface area contributed by atoms with E-state index in [1.54, 1.807) is 11.8 Å². The van der Waals surface area contributed by atoms with Crippen LogP contribution in [0, 0.1) is 0 Å². The molecule has 1 heterocycles. The van der Waals surface area contributed by atoms with Crippen LogP contribution in [0.4, 0.5) is 13.2 Å². The molecule has 128 valence electrons. The van der Waals surface area contributed by atoms with Crippen molar-refractivity contribution >= 4 is 5.91 Å². The van der Waals surface area contributed by atoms with Crippen LogP contribution in [0.3, 0.4) is 0 Å². The molecule has 0 aromatic heterocycles. The molecule has 2 aliphatic rings. The van der Waals surface area contributed by atoms with E-state index in [2.05, 4.69) is 0 Å². The summed E-state index contributed by atoms with van der Waals surface area (Å²) in [5.41, 5.74) is 0. The molecule has 1 N–H and O–H groups in total. The number of hydrogen-bond donors (Lipinski definition) is 1. The molecule has 0 unspecified atom stereocenters. The monoisotopic (exact) mass is 322 g/mol. The average molecular weight is 322 g/mol. The predicted octanol–water partition coefficient (Wildman–Crippen LogP) is 2.17. The van der Waals surface area contributed by atoms with Crippen molar-refractivity contribution in [3.8, 4) is 0 Å². The minimum absolute atomic E-state index is 0.0680. The molecule has 1 amide bonds. The number of aliphatic hydroxyl groups is 1. The molecule has 0 aromatic carbocycles. The zero-order valence-electron chi connectivity index (χ0n) is 13.0. The maximum atomic E-state index is 12.4. The van der Waals surface area contributed by atoms with Gasteiger partial charge in [-0.05, 0) is 45.1 Å². The van der Waals surface area contributed by atoms with E-state index in [4.69, 9.17) is 0 Å². The molecule has 1 aliphatic heterocycles. The van der Waals surface area contributed by atoms with Gasteiger partial charge >= 0.3 is 6.18 Å². The highest BCUT2D eigenvalue weighted by Crippen LogP contribution is 2.30. The summed E-state index contributed by atoms with van der Waals surface area (Å²) >= 11 is 0. The van der Waals surface area contributed by atoms with Gasteiger partial charge < -0.3 is 14.9 Å². The number of halogens is 3. The summed E-state index contributed by atoms with van der Waals surface area (Å²) in [6, 6.07) is 0.436. The maximum absolute atomic E-state index is 12.4. The fourth-order valence-electron chi connectivity index (χ4n) is 3.42. The molecule has 2 rings (SSSR count). The molecular formula is C15H25F3N2O2. The number of β-amino-alcohol motifs (C(OH)–C–C–N with tert-alkyl or cyclic N) is 1. The normalized spacial score (nSPS) is 26.1. The van der Waals surface area contributed by atoms with Crippen LogP contribution in [-0.4, -0.2) is 64.8 Å². The highest BCUT2D eigenvalue weighted by Gasteiger charge is 2.40. The Balaban J connectivity index is 1.90. The summed E-state index contributed by atoms with van der Waals surface area (Å²) < 4.78 is 37.3. The number of amides is 1. The van der Waals surface area contributed by atoms with Crippen molar-refractivity contribution in [2.45, 2.75) is 69.8 Å². The first kappa shape index (κ1) is 17.5. The smallest absolute Gasteiger partial charge is 0.382 e. The second kappa shape index (κ2) is 7.17. The Hall–Kier alpha value is -0.820. The zero-order valence-corrected chi connectivity index (χ0v) is 13.0. The predicted molar refractivity (Wildman–Crippen MR) is 76.3 cm³/mol. The maximum Gasteiger partial charge on any atom is 0.415 e. The van der Waals surface area contributed by atoms with Gasteiger partial charge in [-0.2, -0.15) is 13.2 Å². The summed E-state index contributed by atoms with van der Waals surface area (Å²) in [6.45, 7) is 2.24. The Kier molecular flexibility index (Phi) is 5.71. The SMILES string of the molecule is CC(=O)N(C1CCC1)[C@@H]1CCCN(C[C@@H](O)C(F)(F)F)CC1. The fraction of sp³-hybridized carbons (Fsp3) is 0.933. The van der Waals surface area contributed by atoms with Gasteiger partial charge in [-0.3, -0.25) is 4.79 Å². The van der Waals surface area contributed by atoms with E-state index < -0.39 is 12.3 Å². The third-order valence-electron chi connectivity index (χ3n) is 4.82. The number of rotatable bonds is 4. The van der Waals surface area contributed by atoms with Crippen LogP contribution >= 0.6 is 0 Å². The lowest BCUT2D eigenvalue weighted by molar-refractivity contribution is -0.208. The van der Waals surface area contributed by atoms with Gasteiger partial charge in [-0.15, -0.1) is 0 Å².